The van der Waals surface area contributed by atoms with Gasteiger partial charge in [0.1, 0.15) is 0 Å². The predicted molar refractivity (Wildman–Crippen MR) is 76.4 cm³/mol. The van der Waals surface area contributed by atoms with Crippen molar-refractivity contribution in [3.63, 3.8) is 0 Å². The molecule has 0 spiro atoms. The first kappa shape index (κ1) is 15.0. The summed E-state index contributed by atoms with van der Waals surface area (Å²) in [7, 11) is 0. The van der Waals surface area contributed by atoms with Gasteiger partial charge in [0.25, 0.3) is 0 Å². The maximum atomic E-state index is 10.9. The van der Waals surface area contributed by atoms with Crippen LogP contribution in [0.25, 0.3) is 0 Å². The Morgan fingerprint density at radius 1 is 1.50 bits per heavy atom. The molecule has 20 heavy (non-hydrogen) atoms. The maximum Gasteiger partial charge on any atom is 0.307 e. The molecule has 2 rings (SSSR count). The van der Waals surface area contributed by atoms with Crippen molar-refractivity contribution in [1.29, 1.82) is 0 Å². The lowest BCUT2D eigenvalue weighted by Crippen LogP contribution is -2.49. The Hall–Kier alpha value is -1.43. The van der Waals surface area contributed by atoms with Crippen molar-refractivity contribution in [2.45, 2.75) is 32.0 Å². The molecular formula is C15H22N2O3. The van der Waals surface area contributed by atoms with Crippen LogP contribution in [0.2, 0.25) is 0 Å². The fourth-order valence-electron chi connectivity index (χ4n) is 2.48. The Morgan fingerprint density at radius 2 is 2.20 bits per heavy atom. The number of hydrogen-bond acceptors (Lipinski definition) is 4. The van der Waals surface area contributed by atoms with Crippen molar-refractivity contribution < 1.29 is 14.6 Å². The van der Waals surface area contributed by atoms with Gasteiger partial charge in [0, 0.05) is 25.7 Å². The van der Waals surface area contributed by atoms with Crippen LogP contribution >= 0.6 is 0 Å². The molecule has 1 fully saturated rings. The second-order valence-corrected chi connectivity index (χ2v) is 5.34. The van der Waals surface area contributed by atoms with Crippen LogP contribution in [0.5, 0.6) is 0 Å². The lowest BCUT2D eigenvalue weighted by molar-refractivity contribution is -0.136. The van der Waals surface area contributed by atoms with E-state index in [-0.39, 0.29) is 18.6 Å². The van der Waals surface area contributed by atoms with Crippen LogP contribution in [0.4, 0.5) is 0 Å². The van der Waals surface area contributed by atoms with Crippen molar-refractivity contribution in [1.82, 2.24) is 4.90 Å². The third-order valence-electron chi connectivity index (χ3n) is 3.62. The van der Waals surface area contributed by atoms with Gasteiger partial charge in [-0.05, 0) is 18.1 Å². The molecule has 1 saturated heterocycles. The molecule has 0 aromatic heterocycles. The zero-order valence-electron chi connectivity index (χ0n) is 11.8. The van der Waals surface area contributed by atoms with E-state index in [1.807, 2.05) is 31.2 Å². The molecule has 1 aromatic carbocycles. The van der Waals surface area contributed by atoms with Crippen molar-refractivity contribution in [3.8, 4) is 0 Å². The van der Waals surface area contributed by atoms with Crippen LogP contribution in [0.15, 0.2) is 24.3 Å². The van der Waals surface area contributed by atoms with Crippen LogP contribution < -0.4 is 5.73 Å². The van der Waals surface area contributed by atoms with E-state index >= 15 is 0 Å². The summed E-state index contributed by atoms with van der Waals surface area (Å²) in [6.45, 7) is 5.01. The average molecular weight is 278 g/mol. The summed E-state index contributed by atoms with van der Waals surface area (Å²) in [6, 6.07) is 7.71. The summed E-state index contributed by atoms with van der Waals surface area (Å²) in [5.74, 6) is -0.798. The largest absolute Gasteiger partial charge is 0.481 e. The van der Waals surface area contributed by atoms with Crippen LogP contribution in [0.1, 0.15) is 18.1 Å². The lowest BCUT2D eigenvalue weighted by Gasteiger charge is -2.35. The van der Waals surface area contributed by atoms with Crippen molar-refractivity contribution in [3.05, 3.63) is 35.4 Å². The number of carboxylic acids is 1. The van der Waals surface area contributed by atoms with Crippen LogP contribution in [-0.2, 0) is 22.5 Å². The van der Waals surface area contributed by atoms with Gasteiger partial charge in [-0.25, -0.2) is 0 Å². The normalized spacial score (nSPS) is 21.6. The van der Waals surface area contributed by atoms with Gasteiger partial charge < -0.3 is 15.6 Å². The Balaban J connectivity index is 2.04. The molecule has 1 aliphatic heterocycles. The quantitative estimate of drug-likeness (QED) is 0.835. The first-order chi connectivity index (χ1) is 9.56. The topological polar surface area (TPSA) is 75.8 Å². The zero-order chi connectivity index (χ0) is 14.5. The highest BCUT2D eigenvalue weighted by Crippen LogP contribution is 2.16. The number of nitrogens with zero attached hydrogens (tertiary/aromatic N) is 1. The lowest BCUT2D eigenvalue weighted by atomic mass is 10.0. The molecule has 3 N–H and O–H groups in total. The van der Waals surface area contributed by atoms with E-state index < -0.39 is 5.97 Å². The van der Waals surface area contributed by atoms with Gasteiger partial charge >= 0.3 is 5.97 Å². The van der Waals surface area contributed by atoms with Gasteiger partial charge in [0.2, 0.25) is 0 Å². The number of carbonyl (C=O) groups is 1. The molecule has 0 amide bonds. The Labute approximate surface area is 119 Å². The number of nitrogens with two attached hydrogens (primary N) is 1. The standard InChI is InChI=1S/C15H22N2O3/c1-11(16)14-10-17(6-7-20-14)9-13-5-3-2-4-12(13)8-15(18)19/h2-5,11,14H,6-10,16H2,1H3,(H,18,19). The zero-order valence-corrected chi connectivity index (χ0v) is 11.8. The second-order valence-electron chi connectivity index (χ2n) is 5.34. The summed E-state index contributed by atoms with van der Waals surface area (Å²) in [4.78, 5) is 13.2. The fourth-order valence-corrected chi connectivity index (χ4v) is 2.48. The van der Waals surface area contributed by atoms with Gasteiger partial charge in [-0.1, -0.05) is 24.3 Å². The molecule has 0 aliphatic carbocycles. The molecule has 5 nitrogen and oxygen atoms in total. The SMILES string of the molecule is CC(N)C1CN(Cc2ccccc2CC(=O)O)CCO1. The van der Waals surface area contributed by atoms with Gasteiger partial charge in [-0.2, -0.15) is 0 Å². The minimum Gasteiger partial charge on any atom is -0.481 e. The van der Waals surface area contributed by atoms with E-state index in [1.165, 1.54) is 0 Å². The van der Waals surface area contributed by atoms with Gasteiger partial charge in [0.05, 0.1) is 19.1 Å². The van der Waals surface area contributed by atoms with E-state index in [4.69, 9.17) is 15.6 Å². The summed E-state index contributed by atoms with van der Waals surface area (Å²) in [6.07, 6.45) is 0.118. The predicted octanol–water partition coefficient (Wildman–Crippen LogP) is 0.862. The molecule has 0 radical (unpaired) electrons. The van der Waals surface area contributed by atoms with E-state index in [0.717, 1.165) is 30.8 Å². The Kier molecular flexibility index (Phi) is 5.11. The molecule has 0 bridgehead atoms. The van der Waals surface area contributed by atoms with Crippen LogP contribution in [0, 0.1) is 0 Å². The van der Waals surface area contributed by atoms with Crippen molar-refractivity contribution in [2.24, 2.45) is 5.73 Å². The minimum absolute atomic E-state index is 0.00654. The maximum absolute atomic E-state index is 10.9. The number of morpholine rings is 1. The van der Waals surface area contributed by atoms with E-state index in [0.29, 0.717) is 6.61 Å². The summed E-state index contributed by atoms with van der Waals surface area (Å²) in [5, 5.41) is 8.96. The van der Waals surface area contributed by atoms with Crippen LogP contribution in [-0.4, -0.2) is 47.8 Å². The number of rotatable bonds is 5. The Morgan fingerprint density at radius 3 is 2.85 bits per heavy atom. The third-order valence-corrected chi connectivity index (χ3v) is 3.62. The molecule has 2 unspecified atom stereocenters. The van der Waals surface area contributed by atoms with Crippen molar-refractivity contribution in [2.75, 3.05) is 19.7 Å². The molecule has 5 heteroatoms. The molecule has 1 heterocycles. The van der Waals surface area contributed by atoms with E-state index in [2.05, 4.69) is 4.90 Å². The summed E-state index contributed by atoms with van der Waals surface area (Å²) in [5.41, 5.74) is 7.84. The highest BCUT2D eigenvalue weighted by Gasteiger charge is 2.23. The monoisotopic (exact) mass is 278 g/mol. The number of carboxylic acid groups (broad SMARTS) is 1. The number of hydrogen-bond donors (Lipinski definition) is 2. The highest BCUT2D eigenvalue weighted by atomic mass is 16.5. The third kappa shape index (κ3) is 4.03. The van der Waals surface area contributed by atoms with Gasteiger partial charge in [-0.15, -0.1) is 0 Å². The average Bonchev–Trinajstić information content (AvgIpc) is 2.41. The van der Waals surface area contributed by atoms with Gasteiger partial charge in [0.15, 0.2) is 0 Å². The Bertz CT molecular complexity index is 462. The van der Waals surface area contributed by atoms with Crippen molar-refractivity contribution >= 4 is 5.97 Å². The minimum atomic E-state index is -0.798. The van der Waals surface area contributed by atoms with E-state index in [9.17, 15) is 4.79 Å². The molecule has 2 atom stereocenters. The molecule has 1 aliphatic rings. The molecular weight excluding hydrogens is 256 g/mol. The first-order valence-corrected chi connectivity index (χ1v) is 6.94. The fraction of sp³-hybridized carbons (Fsp3) is 0.533. The molecule has 1 aromatic rings. The first-order valence-electron chi connectivity index (χ1n) is 6.94. The number of ether oxygens (including phenoxy) is 1. The second kappa shape index (κ2) is 6.83. The molecule has 0 saturated carbocycles. The summed E-state index contributed by atoms with van der Waals surface area (Å²) >= 11 is 0. The van der Waals surface area contributed by atoms with Crippen LogP contribution in [0.3, 0.4) is 0 Å². The molecule has 110 valence electrons. The number of aliphatic carboxylic acids is 1. The number of benzene rings is 1. The van der Waals surface area contributed by atoms with Gasteiger partial charge in [-0.3, -0.25) is 9.69 Å². The highest BCUT2D eigenvalue weighted by molar-refractivity contribution is 5.70. The van der Waals surface area contributed by atoms with E-state index in [1.54, 1.807) is 0 Å². The smallest absolute Gasteiger partial charge is 0.307 e. The summed E-state index contributed by atoms with van der Waals surface area (Å²) < 4.78 is 5.64.